The first kappa shape index (κ1) is 20.3. The fraction of sp³-hybridized carbons (Fsp3) is 0.111. The molecule has 2 aromatic rings. The van der Waals surface area contributed by atoms with Gasteiger partial charge in [-0.15, -0.1) is 0 Å². The summed E-state index contributed by atoms with van der Waals surface area (Å²) in [6, 6.07) is 10.8. The zero-order valence-corrected chi connectivity index (χ0v) is 15.1. The van der Waals surface area contributed by atoms with E-state index in [1.165, 1.54) is 55.5 Å². The molecule has 9 heteroatoms. The van der Waals surface area contributed by atoms with Crippen LogP contribution in [0, 0.1) is 5.82 Å². The number of nitrogens with two attached hydrogens (primary N) is 1. The molecule has 0 fully saturated rings. The molecular formula is C18H17FN2O5S. The van der Waals surface area contributed by atoms with Crippen LogP contribution in [0.2, 0.25) is 0 Å². The van der Waals surface area contributed by atoms with Crippen LogP contribution in [0.25, 0.3) is 6.08 Å². The van der Waals surface area contributed by atoms with E-state index in [0.29, 0.717) is 11.3 Å². The predicted octanol–water partition coefficient (Wildman–Crippen LogP) is 2.06. The summed E-state index contributed by atoms with van der Waals surface area (Å²) in [6.45, 7) is 1.38. The van der Waals surface area contributed by atoms with Gasteiger partial charge >= 0.3 is 5.97 Å². The van der Waals surface area contributed by atoms with Crippen molar-refractivity contribution in [1.29, 1.82) is 0 Å². The average molecular weight is 392 g/mol. The predicted molar refractivity (Wildman–Crippen MR) is 97.4 cm³/mol. The van der Waals surface area contributed by atoms with Crippen LogP contribution in [0.5, 0.6) is 0 Å². The number of ether oxygens (including phenoxy) is 1. The van der Waals surface area contributed by atoms with E-state index in [2.05, 4.69) is 5.32 Å². The van der Waals surface area contributed by atoms with Crippen LogP contribution in [0.15, 0.2) is 59.5 Å². The second-order valence-electron chi connectivity index (χ2n) is 5.53. The van der Waals surface area contributed by atoms with Crippen molar-refractivity contribution in [3.05, 3.63) is 66.0 Å². The van der Waals surface area contributed by atoms with E-state index in [1.54, 1.807) is 6.07 Å². The SMILES string of the molecule is C[C@@H](OC(=O)/C=C/c1cccc(F)c1)C(=O)Nc1ccc(S(N)(=O)=O)cc1. The van der Waals surface area contributed by atoms with Crippen molar-refractivity contribution in [3.63, 3.8) is 0 Å². The van der Waals surface area contributed by atoms with Gasteiger partial charge in [0.1, 0.15) is 5.82 Å². The van der Waals surface area contributed by atoms with Gasteiger partial charge in [-0.25, -0.2) is 22.7 Å². The lowest BCUT2D eigenvalue weighted by atomic mass is 10.2. The first-order valence-electron chi connectivity index (χ1n) is 7.73. The molecule has 0 spiro atoms. The zero-order chi connectivity index (χ0) is 20.0. The molecule has 7 nitrogen and oxygen atoms in total. The fourth-order valence-corrected chi connectivity index (χ4v) is 2.53. The maximum atomic E-state index is 13.1. The number of carbonyl (C=O) groups is 2. The Morgan fingerprint density at radius 1 is 1.19 bits per heavy atom. The number of sulfonamides is 1. The van der Waals surface area contributed by atoms with Crippen LogP contribution >= 0.6 is 0 Å². The van der Waals surface area contributed by atoms with Crippen LogP contribution < -0.4 is 10.5 Å². The van der Waals surface area contributed by atoms with Gasteiger partial charge in [0.2, 0.25) is 10.0 Å². The second-order valence-corrected chi connectivity index (χ2v) is 7.09. The molecule has 0 aliphatic carbocycles. The van der Waals surface area contributed by atoms with Crippen molar-refractivity contribution in [1.82, 2.24) is 0 Å². The van der Waals surface area contributed by atoms with Crippen LogP contribution in [-0.2, 0) is 24.3 Å². The molecule has 0 radical (unpaired) electrons. The molecule has 1 atom stereocenters. The number of benzene rings is 2. The third-order valence-electron chi connectivity index (χ3n) is 3.37. The van der Waals surface area contributed by atoms with E-state index in [4.69, 9.17) is 9.88 Å². The smallest absolute Gasteiger partial charge is 0.331 e. The van der Waals surface area contributed by atoms with E-state index >= 15 is 0 Å². The minimum absolute atomic E-state index is 0.0949. The van der Waals surface area contributed by atoms with Crippen molar-refractivity contribution in [2.24, 2.45) is 5.14 Å². The molecular weight excluding hydrogens is 375 g/mol. The quantitative estimate of drug-likeness (QED) is 0.577. The standard InChI is InChI=1S/C18H17FN2O5S/c1-12(26-17(22)10-5-13-3-2-4-14(19)11-13)18(23)21-15-6-8-16(9-7-15)27(20,24)25/h2-12H,1H3,(H,21,23)(H2,20,24,25)/b10-5+/t12-/m1/s1. The van der Waals surface area contributed by atoms with Crippen molar-refractivity contribution in [2.45, 2.75) is 17.9 Å². The molecule has 0 saturated heterocycles. The van der Waals surface area contributed by atoms with Gasteiger partial charge in [-0.1, -0.05) is 12.1 Å². The van der Waals surface area contributed by atoms with Crippen LogP contribution in [0.4, 0.5) is 10.1 Å². The lowest BCUT2D eigenvalue weighted by Crippen LogP contribution is -2.29. The first-order chi connectivity index (χ1) is 12.6. The number of hydrogen-bond acceptors (Lipinski definition) is 5. The summed E-state index contributed by atoms with van der Waals surface area (Å²) in [5, 5.41) is 7.47. The number of nitrogens with one attached hydrogen (secondary N) is 1. The number of amides is 1. The monoisotopic (exact) mass is 392 g/mol. The van der Waals surface area contributed by atoms with Gasteiger partial charge in [0.25, 0.3) is 5.91 Å². The molecule has 2 aromatic carbocycles. The third kappa shape index (κ3) is 6.32. The van der Waals surface area contributed by atoms with E-state index in [9.17, 15) is 22.4 Å². The minimum atomic E-state index is -3.83. The third-order valence-corrected chi connectivity index (χ3v) is 4.30. The second kappa shape index (κ2) is 8.56. The highest BCUT2D eigenvalue weighted by molar-refractivity contribution is 7.89. The van der Waals surface area contributed by atoms with Crippen LogP contribution in [0.3, 0.4) is 0 Å². The van der Waals surface area contributed by atoms with Crippen molar-refractivity contribution < 1.29 is 27.1 Å². The normalized spacial score (nSPS) is 12.6. The summed E-state index contributed by atoms with van der Waals surface area (Å²) in [4.78, 5) is 23.7. The summed E-state index contributed by atoms with van der Waals surface area (Å²) in [7, 11) is -3.83. The van der Waals surface area contributed by atoms with E-state index < -0.39 is 33.8 Å². The van der Waals surface area contributed by atoms with E-state index in [-0.39, 0.29) is 4.90 Å². The maximum Gasteiger partial charge on any atom is 0.331 e. The Kier molecular flexibility index (Phi) is 6.43. The summed E-state index contributed by atoms with van der Waals surface area (Å²) >= 11 is 0. The summed E-state index contributed by atoms with van der Waals surface area (Å²) in [5.74, 6) is -1.82. The molecule has 2 rings (SSSR count). The number of esters is 1. The fourth-order valence-electron chi connectivity index (χ4n) is 2.01. The summed E-state index contributed by atoms with van der Waals surface area (Å²) in [5.41, 5.74) is 0.782. The van der Waals surface area contributed by atoms with Gasteiger partial charge in [0.05, 0.1) is 4.90 Å². The highest BCUT2D eigenvalue weighted by Gasteiger charge is 2.17. The Hall–Kier alpha value is -3.04. The molecule has 3 N–H and O–H groups in total. The van der Waals surface area contributed by atoms with Gasteiger partial charge < -0.3 is 10.1 Å². The Bertz CT molecular complexity index is 972. The number of rotatable bonds is 6. The Morgan fingerprint density at radius 3 is 2.44 bits per heavy atom. The molecule has 0 aromatic heterocycles. The Labute approximate surface area is 155 Å². The molecule has 0 unspecified atom stereocenters. The Morgan fingerprint density at radius 2 is 1.85 bits per heavy atom. The lowest BCUT2D eigenvalue weighted by Gasteiger charge is -2.12. The lowest BCUT2D eigenvalue weighted by molar-refractivity contribution is -0.148. The molecule has 27 heavy (non-hydrogen) atoms. The minimum Gasteiger partial charge on any atom is -0.449 e. The van der Waals surface area contributed by atoms with Gasteiger partial charge in [-0.3, -0.25) is 4.79 Å². The van der Waals surface area contributed by atoms with Gasteiger partial charge in [-0.05, 0) is 55.0 Å². The summed E-state index contributed by atoms with van der Waals surface area (Å²) < 4.78 is 40.4. The maximum absolute atomic E-state index is 13.1. The average Bonchev–Trinajstić information content (AvgIpc) is 2.59. The first-order valence-corrected chi connectivity index (χ1v) is 9.28. The van der Waals surface area contributed by atoms with Crippen molar-refractivity contribution in [2.75, 3.05) is 5.32 Å². The molecule has 0 saturated carbocycles. The van der Waals surface area contributed by atoms with E-state index in [1.807, 2.05) is 0 Å². The van der Waals surface area contributed by atoms with Gasteiger partial charge in [-0.2, -0.15) is 0 Å². The number of hydrogen-bond donors (Lipinski definition) is 2. The van der Waals surface area contributed by atoms with Gasteiger partial charge in [0, 0.05) is 11.8 Å². The molecule has 142 valence electrons. The number of carbonyl (C=O) groups excluding carboxylic acids is 2. The topological polar surface area (TPSA) is 116 Å². The number of halogens is 1. The molecule has 0 aliphatic heterocycles. The zero-order valence-electron chi connectivity index (χ0n) is 14.3. The summed E-state index contributed by atoms with van der Waals surface area (Å²) in [6.07, 6.45) is 1.34. The van der Waals surface area contributed by atoms with Crippen molar-refractivity contribution in [3.8, 4) is 0 Å². The number of anilines is 1. The van der Waals surface area contributed by atoms with Gasteiger partial charge in [0.15, 0.2) is 6.10 Å². The number of primary sulfonamides is 1. The van der Waals surface area contributed by atoms with Crippen molar-refractivity contribution >= 4 is 33.7 Å². The molecule has 1 amide bonds. The molecule has 0 heterocycles. The van der Waals surface area contributed by atoms with Crippen LogP contribution in [0.1, 0.15) is 12.5 Å². The molecule has 0 aliphatic rings. The van der Waals surface area contributed by atoms with E-state index in [0.717, 1.165) is 6.08 Å². The highest BCUT2D eigenvalue weighted by atomic mass is 32.2. The highest BCUT2D eigenvalue weighted by Crippen LogP contribution is 2.13. The molecule has 0 bridgehead atoms. The largest absolute Gasteiger partial charge is 0.449 e. The van der Waals surface area contributed by atoms with Crippen LogP contribution in [-0.4, -0.2) is 26.4 Å². The Balaban J connectivity index is 1.92.